The van der Waals surface area contributed by atoms with Crippen LogP contribution in [0.2, 0.25) is 0 Å². The van der Waals surface area contributed by atoms with Gasteiger partial charge in [0.2, 0.25) is 0 Å². The topological polar surface area (TPSA) is 28.2 Å². The van der Waals surface area contributed by atoms with Crippen molar-refractivity contribution in [3.05, 3.63) is 23.4 Å². The van der Waals surface area contributed by atoms with Gasteiger partial charge >= 0.3 is 0 Å². The standard InChI is InChI=1S/C17H29N3/c1-12(2)16-9-14(11-18-13(3)4)10-17(19-16)20(5)15-7-6-8-15/h9-10,12-13,15,18H,6-8,11H2,1-5H3. The van der Waals surface area contributed by atoms with E-state index in [0.29, 0.717) is 18.0 Å². The molecule has 1 N–H and O–H groups in total. The number of aromatic nitrogens is 1. The molecule has 3 heteroatoms. The Kier molecular flexibility index (Phi) is 5.03. The second-order valence-electron chi connectivity index (χ2n) is 6.64. The monoisotopic (exact) mass is 275 g/mol. The van der Waals surface area contributed by atoms with Crippen LogP contribution in [-0.4, -0.2) is 24.1 Å². The molecule has 1 aliphatic rings. The average Bonchev–Trinajstić information content (AvgIpc) is 2.33. The second kappa shape index (κ2) is 6.57. The number of hydrogen-bond donors (Lipinski definition) is 1. The lowest BCUT2D eigenvalue weighted by Crippen LogP contribution is -2.37. The number of hydrogen-bond acceptors (Lipinski definition) is 3. The molecular weight excluding hydrogens is 246 g/mol. The van der Waals surface area contributed by atoms with Crippen molar-refractivity contribution >= 4 is 5.82 Å². The minimum Gasteiger partial charge on any atom is -0.357 e. The quantitative estimate of drug-likeness (QED) is 0.858. The molecule has 1 aromatic heterocycles. The first-order chi connectivity index (χ1) is 9.47. The molecule has 0 amide bonds. The van der Waals surface area contributed by atoms with Gasteiger partial charge in [-0.15, -0.1) is 0 Å². The van der Waals surface area contributed by atoms with E-state index in [9.17, 15) is 0 Å². The van der Waals surface area contributed by atoms with Crippen molar-refractivity contribution in [2.75, 3.05) is 11.9 Å². The predicted molar refractivity (Wildman–Crippen MR) is 86.3 cm³/mol. The Balaban J connectivity index is 2.20. The smallest absolute Gasteiger partial charge is 0.129 e. The molecule has 0 saturated heterocycles. The van der Waals surface area contributed by atoms with Gasteiger partial charge in [-0.3, -0.25) is 0 Å². The fourth-order valence-electron chi connectivity index (χ4n) is 2.46. The molecule has 0 atom stereocenters. The minimum absolute atomic E-state index is 0.475. The van der Waals surface area contributed by atoms with E-state index in [0.717, 1.165) is 12.4 Å². The van der Waals surface area contributed by atoms with Crippen molar-refractivity contribution in [3.8, 4) is 0 Å². The largest absolute Gasteiger partial charge is 0.357 e. The maximum atomic E-state index is 4.86. The van der Waals surface area contributed by atoms with Crippen molar-refractivity contribution in [1.29, 1.82) is 0 Å². The van der Waals surface area contributed by atoms with Crippen LogP contribution in [0.1, 0.15) is 64.1 Å². The van der Waals surface area contributed by atoms with Gasteiger partial charge in [0.25, 0.3) is 0 Å². The van der Waals surface area contributed by atoms with Crippen molar-refractivity contribution in [2.45, 2.75) is 71.5 Å². The molecule has 1 saturated carbocycles. The van der Waals surface area contributed by atoms with Gasteiger partial charge in [0.15, 0.2) is 0 Å². The highest BCUT2D eigenvalue weighted by molar-refractivity contribution is 5.44. The molecule has 0 radical (unpaired) electrons. The van der Waals surface area contributed by atoms with E-state index < -0.39 is 0 Å². The molecule has 0 aromatic carbocycles. The van der Waals surface area contributed by atoms with Crippen LogP contribution in [0.25, 0.3) is 0 Å². The van der Waals surface area contributed by atoms with Gasteiger partial charge in [-0.1, -0.05) is 27.7 Å². The van der Waals surface area contributed by atoms with Gasteiger partial charge in [-0.05, 0) is 42.9 Å². The van der Waals surface area contributed by atoms with Crippen molar-refractivity contribution in [1.82, 2.24) is 10.3 Å². The summed E-state index contributed by atoms with van der Waals surface area (Å²) in [5, 5.41) is 3.50. The molecule has 20 heavy (non-hydrogen) atoms. The Morgan fingerprint density at radius 1 is 1.25 bits per heavy atom. The van der Waals surface area contributed by atoms with Gasteiger partial charge in [-0.2, -0.15) is 0 Å². The van der Waals surface area contributed by atoms with Crippen LogP contribution in [0.15, 0.2) is 12.1 Å². The molecule has 2 rings (SSSR count). The van der Waals surface area contributed by atoms with E-state index in [4.69, 9.17) is 4.98 Å². The number of anilines is 1. The van der Waals surface area contributed by atoms with Crippen molar-refractivity contribution in [2.24, 2.45) is 0 Å². The Labute approximate surface area is 123 Å². The lowest BCUT2D eigenvalue weighted by molar-refractivity contribution is 0.399. The first-order valence-corrected chi connectivity index (χ1v) is 7.94. The SMILES string of the molecule is CC(C)NCc1cc(C(C)C)nc(N(C)C2CCC2)c1. The fourth-order valence-corrected chi connectivity index (χ4v) is 2.46. The van der Waals surface area contributed by atoms with E-state index in [2.05, 4.69) is 57.1 Å². The molecule has 1 aromatic rings. The third-order valence-electron chi connectivity index (χ3n) is 4.18. The molecule has 0 bridgehead atoms. The van der Waals surface area contributed by atoms with E-state index in [1.54, 1.807) is 0 Å². The Bertz CT molecular complexity index is 436. The van der Waals surface area contributed by atoms with Gasteiger partial charge in [0.05, 0.1) is 0 Å². The molecule has 1 aliphatic carbocycles. The molecule has 112 valence electrons. The van der Waals surface area contributed by atoms with Crippen molar-refractivity contribution in [3.63, 3.8) is 0 Å². The maximum absolute atomic E-state index is 4.86. The summed E-state index contributed by atoms with van der Waals surface area (Å²) in [5.74, 6) is 1.61. The highest BCUT2D eigenvalue weighted by atomic mass is 15.2. The summed E-state index contributed by atoms with van der Waals surface area (Å²) in [6.07, 6.45) is 3.98. The highest BCUT2D eigenvalue weighted by Crippen LogP contribution is 2.28. The fraction of sp³-hybridized carbons (Fsp3) is 0.706. The highest BCUT2D eigenvalue weighted by Gasteiger charge is 2.23. The molecule has 0 spiro atoms. The van der Waals surface area contributed by atoms with Crippen LogP contribution in [0.4, 0.5) is 5.82 Å². The Hall–Kier alpha value is -1.09. The van der Waals surface area contributed by atoms with E-state index in [1.807, 2.05) is 0 Å². The second-order valence-corrected chi connectivity index (χ2v) is 6.64. The maximum Gasteiger partial charge on any atom is 0.129 e. The third-order valence-corrected chi connectivity index (χ3v) is 4.18. The summed E-state index contributed by atoms with van der Waals surface area (Å²) in [6.45, 7) is 9.73. The number of pyridine rings is 1. The minimum atomic E-state index is 0.475. The van der Waals surface area contributed by atoms with Crippen LogP contribution < -0.4 is 10.2 Å². The first kappa shape index (κ1) is 15.3. The van der Waals surface area contributed by atoms with E-state index >= 15 is 0 Å². The van der Waals surface area contributed by atoms with Crippen LogP contribution >= 0.6 is 0 Å². The zero-order valence-electron chi connectivity index (χ0n) is 13.6. The molecular formula is C17H29N3. The number of nitrogens with one attached hydrogen (secondary N) is 1. The molecule has 0 unspecified atom stereocenters. The van der Waals surface area contributed by atoms with E-state index in [-0.39, 0.29) is 0 Å². The molecule has 1 fully saturated rings. The first-order valence-electron chi connectivity index (χ1n) is 7.94. The average molecular weight is 275 g/mol. The van der Waals surface area contributed by atoms with Gasteiger partial charge in [-0.25, -0.2) is 4.98 Å². The van der Waals surface area contributed by atoms with Gasteiger partial charge in [0, 0.05) is 31.4 Å². The third kappa shape index (κ3) is 3.72. The Morgan fingerprint density at radius 2 is 1.95 bits per heavy atom. The normalized spacial score (nSPS) is 15.8. The van der Waals surface area contributed by atoms with Gasteiger partial charge in [0.1, 0.15) is 5.82 Å². The van der Waals surface area contributed by atoms with Crippen molar-refractivity contribution < 1.29 is 0 Å². The summed E-state index contributed by atoms with van der Waals surface area (Å²) >= 11 is 0. The zero-order valence-corrected chi connectivity index (χ0v) is 13.6. The van der Waals surface area contributed by atoms with Crippen LogP contribution in [0, 0.1) is 0 Å². The molecule has 1 heterocycles. The lowest BCUT2D eigenvalue weighted by Gasteiger charge is -2.36. The summed E-state index contributed by atoms with van der Waals surface area (Å²) < 4.78 is 0. The predicted octanol–water partition coefficient (Wildman–Crippen LogP) is 3.69. The summed E-state index contributed by atoms with van der Waals surface area (Å²) in [4.78, 5) is 7.23. The number of rotatable bonds is 6. The number of nitrogens with zero attached hydrogens (tertiary/aromatic N) is 2. The summed E-state index contributed by atoms with van der Waals surface area (Å²) in [7, 11) is 2.19. The molecule has 0 aliphatic heterocycles. The summed E-state index contributed by atoms with van der Waals surface area (Å²) in [5.41, 5.74) is 2.55. The van der Waals surface area contributed by atoms with E-state index in [1.165, 1.54) is 30.5 Å². The lowest BCUT2D eigenvalue weighted by atomic mass is 9.92. The summed E-state index contributed by atoms with van der Waals surface area (Å²) in [6, 6.07) is 5.70. The van der Waals surface area contributed by atoms with Crippen LogP contribution in [0.3, 0.4) is 0 Å². The molecule has 3 nitrogen and oxygen atoms in total. The Morgan fingerprint density at radius 3 is 2.45 bits per heavy atom. The van der Waals surface area contributed by atoms with Crippen LogP contribution in [-0.2, 0) is 6.54 Å². The van der Waals surface area contributed by atoms with Gasteiger partial charge < -0.3 is 10.2 Å². The zero-order chi connectivity index (χ0) is 14.7. The van der Waals surface area contributed by atoms with Crippen LogP contribution in [0.5, 0.6) is 0 Å².